The molecule has 1 N–H and O–H groups in total. The lowest BCUT2D eigenvalue weighted by Crippen LogP contribution is -2.12. The van der Waals surface area contributed by atoms with Crippen molar-refractivity contribution in [3.05, 3.63) is 77.0 Å². The van der Waals surface area contributed by atoms with Gasteiger partial charge in [0.2, 0.25) is 5.91 Å². The number of para-hydroxylation sites is 3. The molecule has 1 aromatic heterocycles. The molecular weight excluding hydrogens is 346 g/mol. The first-order valence-electron chi connectivity index (χ1n) is 8.41. The Kier molecular flexibility index (Phi) is 6.17. The van der Waals surface area contributed by atoms with Crippen molar-refractivity contribution in [3.63, 3.8) is 0 Å². The van der Waals surface area contributed by atoms with E-state index in [1.165, 1.54) is 11.3 Å². The summed E-state index contributed by atoms with van der Waals surface area (Å²) in [5.74, 6) is 1.24. The number of thiophene rings is 1. The van der Waals surface area contributed by atoms with Crippen molar-refractivity contribution >= 4 is 28.7 Å². The van der Waals surface area contributed by atoms with Crippen molar-refractivity contribution in [2.45, 2.75) is 19.3 Å². The Labute approximate surface area is 156 Å². The molecular formula is C21H19NO3S. The molecule has 0 aliphatic rings. The molecule has 3 rings (SSSR count). The van der Waals surface area contributed by atoms with Crippen LogP contribution in [0.4, 0.5) is 5.69 Å². The second-order valence-corrected chi connectivity index (χ2v) is 6.66. The largest absolute Gasteiger partial charge is 0.455 e. The van der Waals surface area contributed by atoms with E-state index in [4.69, 9.17) is 4.74 Å². The van der Waals surface area contributed by atoms with Crippen LogP contribution in [0.15, 0.2) is 72.1 Å². The highest BCUT2D eigenvalue weighted by Crippen LogP contribution is 2.29. The van der Waals surface area contributed by atoms with Crippen LogP contribution >= 0.6 is 11.3 Å². The molecule has 0 saturated carbocycles. The maximum Gasteiger partial charge on any atom is 0.224 e. The molecule has 5 heteroatoms. The summed E-state index contributed by atoms with van der Waals surface area (Å²) in [6.45, 7) is 0. The highest BCUT2D eigenvalue weighted by atomic mass is 32.1. The molecule has 0 fully saturated rings. The third-order valence-corrected chi connectivity index (χ3v) is 4.65. The summed E-state index contributed by atoms with van der Waals surface area (Å²) in [4.78, 5) is 24.9. The van der Waals surface area contributed by atoms with E-state index in [1.54, 1.807) is 6.07 Å². The smallest absolute Gasteiger partial charge is 0.224 e. The van der Waals surface area contributed by atoms with Crippen LogP contribution in [0.1, 0.15) is 28.9 Å². The van der Waals surface area contributed by atoms with Gasteiger partial charge in [-0.3, -0.25) is 9.59 Å². The lowest BCUT2D eigenvalue weighted by molar-refractivity contribution is -0.116. The number of hydrogen-bond acceptors (Lipinski definition) is 4. The van der Waals surface area contributed by atoms with Gasteiger partial charge in [-0.15, -0.1) is 11.3 Å². The van der Waals surface area contributed by atoms with E-state index < -0.39 is 0 Å². The normalized spacial score (nSPS) is 10.3. The number of benzene rings is 2. The Hall–Kier alpha value is -2.92. The topological polar surface area (TPSA) is 55.4 Å². The van der Waals surface area contributed by atoms with Crippen LogP contribution in [0.25, 0.3) is 0 Å². The molecule has 1 amide bonds. The van der Waals surface area contributed by atoms with Crippen LogP contribution in [0.5, 0.6) is 11.5 Å². The zero-order chi connectivity index (χ0) is 18.2. The minimum Gasteiger partial charge on any atom is -0.455 e. The van der Waals surface area contributed by atoms with Crippen LogP contribution < -0.4 is 10.1 Å². The number of carbonyl (C=O) groups is 2. The third kappa shape index (κ3) is 5.04. The number of hydrogen-bond donors (Lipinski definition) is 1. The molecule has 132 valence electrons. The number of ether oxygens (including phenoxy) is 1. The molecule has 0 spiro atoms. The van der Waals surface area contributed by atoms with Gasteiger partial charge in [0.1, 0.15) is 5.75 Å². The fourth-order valence-electron chi connectivity index (χ4n) is 2.46. The number of amides is 1. The molecule has 4 nitrogen and oxygen atoms in total. The number of rotatable bonds is 8. The van der Waals surface area contributed by atoms with Gasteiger partial charge in [0.15, 0.2) is 11.5 Å². The fourth-order valence-corrected chi connectivity index (χ4v) is 3.15. The summed E-state index contributed by atoms with van der Waals surface area (Å²) < 4.78 is 5.83. The number of anilines is 1. The molecule has 0 unspecified atom stereocenters. The van der Waals surface area contributed by atoms with Gasteiger partial charge in [-0.2, -0.15) is 0 Å². The van der Waals surface area contributed by atoms with Crippen molar-refractivity contribution in [2.75, 3.05) is 5.32 Å². The molecule has 3 aromatic rings. The van der Waals surface area contributed by atoms with Crippen LogP contribution in [0.2, 0.25) is 0 Å². The van der Waals surface area contributed by atoms with E-state index >= 15 is 0 Å². The van der Waals surface area contributed by atoms with Crippen molar-refractivity contribution in [2.24, 2.45) is 0 Å². The number of ketones is 1. The van der Waals surface area contributed by atoms with Crippen molar-refractivity contribution in [3.8, 4) is 11.5 Å². The van der Waals surface area contributed by atoms with E-state index in [1.807, 2.05) is 66.0 Å². The molecule has 1 heterocycles. The standard InChI is InChI=1S/C21H19NO3S/c23-18(20-13-7-15-26-20)11-6-14-21(24)22-17-10-4-5-12-19(17)25-16-8-2-1-3-9-16/h1-5,7-10,12-13,15H,6,11,14H2,(H,22,24). The Morgan fingerprint density at radius 2 is 1.65 bits per heavy atom. The first-order valence-corrected chi connectivity index (χ1v) is 9.29. The Balaban J connectivity index is 1.53. The number of nitrogens with one attached hydrogen (secondary N) is 1. The Morgan fingerprint density at radius 3 is 2.42 bits per heavy atom. The predicted octanol–water partition coefficient (Wildman–Crippen LogP) is 5.53. The van der Waals surface area contributed by atoms with Crippen molar-refractivity contribution in [1.82, 2.24) is 0 Å². The zero-order valence-electron chi connectivity index (χ0n) is 14.2. The zero-order valence-corrected chi connectivity index (χ0v) is 15.0. The van der Waals surface area contributed by atoms with Gasteiger partial charge in [-0.25, -0.2) is 0 Å². The maximum atomic E-state index is 12.2. The van der Waals surface area contributed by atoms with E-state index in [9.17, 15) is 9.59 Å². The maximum absolute atomic E-state index is 12.2. The third-order valence-electron chi connectivity index (χ3n) is 3.74. The molecule has 0 aliphatic carbocycles. The summed E-state index contributed by atoms with van der Waals surface area (Å²) in [6, 6.07) is 20.4. The molecule has 0 bridgehead atoms. The fraction of sp³-hybridized carbons (Fsp3) is 0.143. The van der Waals surface area contributed by atoms with E-state index in [0.29, 0.717) is 30.0 Å². The summed E-state index contributed by atoms with van der Waals surface area (Å²) >= 11 is 1.43. The quantitative estimate of drug-likeness (QED) is 0.534. The van der Waals surface area contributed by atoms with E-state index in [-0.39, 0.29) is 18.1 Å². The number of carbonyl (C=O) groups excluding carboxylic acids is 2. The summed E-state index contributed by atoms with van der Waals surface area (Å²) in [5, 5.41) is 4.75. The van der Waals surface area contributed by atoms with Crippen LogP contribution in [-0.4, -0.2) is 11.7 Å². The summed E-state index contributed by atoms with van der Waals surface area (Å²) in [6.07, 6.45) is 1.18. The molecule has 26 heavy (non-hydrogen) atoms. The van der Waals surface area contributed by atoms with Crippen molar-refractivity contribution < 1.29 is 14.3 Å². The molecule has 0 radical (unpaired) electrons. The first kappa shape index (κ1) is 17.9. The van der Waals surface area contributed by atoms with Crippen LogP contribution in [-0.2, 0) is 4.79 Å². The monoisotopic (exact) mass is 365 g/mol. The average molecular weight is 365 g/mol. The second kappa shape index (κ2) is 8.97. The van der Waals surface area contributed by atoms with Gasteiger partial charge in [0.05, 0.1) is 10.6 Å². The highest BCUT2D eigenvalue weighted by molar-refractivity contribution is 7.12. The molecule has 0 atom stereocenters. The molecule has 0 saturated heterocycles. The van der Waals surface area contributed by atoms with Gasteiger partial charge in [-0.05, 0) is 42.1 Å². The summed E-state index contributed by atoms with van der Waals surface area (Å²) in [7, 11) is 0. The number of Topliss-reactive ketones (excluding diaryl/α,β-unsaturated/α-hetero) is 1. The lowest BCUT2D eigenvalue weighted by atomic mass is 10.1. The van der Waals surface area contributed by atoms with E-state index in [2.05, 4.69) is 5.32 Å². The Morgan fingerprint density at radius 1 is 0.885 bits per heavy atom. The van der Waals surface area contributed by atoms with Gasteiger partial charge < -0.3 is 10.1 Å². The van der Waals surface area contributed by atoms with Crippen LogP contribution in [0, 0.1) is 0 Å². The molecule has 2 aromatic carbocycles. The summed E-state index contributed by atoms with van der Waals surface area (Å²) in [5.41, 5.74) is 0.617. The Bertz CT molecular complexity index is 860. The average Bonchev–Trinajstić information content (AvgIpc) is 3.19. The van der Waals surface area contributed by atoms with Gasteiger partial charge in [-0.1, -0.05) is 36.4 Å². The van der Waals surface area contributed by atoms with Gasteiger partial charge >= 0.3 is 0 Å². The SMILES string of the molecule is O=C(CCCC(=O)c1cccs1)Nc1ccccc1Oc1ccccc1. The van der Waals surface area contributed by atoms with Gasteiger partial charge in [0, 0.05) is 12.8 Å². The second-order valence-electron chi connectivity index (χ2n) is 5.71. The van der Waals surface area contributed by atoms with Crippen LogP contribution in [0.3, 0.4) is 0 Å². The molecule has 0 aliphatic heterocycles. The minimum atomic E-state index is -0.131. The van der Waals surface area contributed by atoms with Crippen molar-refractivity contribution in [1.29, 1.82) is 0 Å². The highest BCUT2D eigenvalue weighted by Gasteiger charge is 2.11. The lowest BCUT2D eigenvalue weighted by Gasteiger charge is -2.12. The predicted molar refractivity (Wildman–Crippen MR) is 104 cm³/mol. The minimum absolute atomic E-state index is 0.0839. The van der Waals surface area contributed by atoms with Gasteiger partial charge in [0.25, 0.3) is 0 Å². The van der Waals surface area contributed by atoms with E-state index in [0.717, 1.165) is 4.88 Å². The first-order chi connectivity index (χ1) is 12.7.